The van der Waals surface area contributed by atoms with E-state index >= 15 is 0 Å². The smallest absolute Gasteiger partial charge is 0.137 e. The molecule has 0 fully saturated rings. The van der Waals surface area contributed by atoms with Gasteiger partial charge in [-0.15, -0.1) is 0 Å². The van der Waals surface area contributed by atoms with Gasteiger partial charge in [-0.1, -0.05) is 27.5 Å². The van der Waals surface area contributed by atoms with E-state index in [1.54, 1.807) is 25.2 Å². The average molecular weight is 425 g/mol. The molecule has 1 unspecified atom stereocenters. The van der Waals surface area contributed by atoms with Gasteiger partial charge in [-0.05, 0) is 58.9 Å². The minimum absolute atomic E-state index is 0.0961. The summed E-state index contributed by atoms with van der Waals surface area (Å²) in [6.45, 7) is 0. The monoisotopic (exact) mass is 423 g/mol. The van der Waals surface area contributed by atoms with E-state index in [2.05, 4.69) is 37.2 Å². The van der Waals surface area contributed by atoms with Crippen LogP contribution in [-0.2, 0) is 0 Å². The molecular weight excluding hydrogens is 415 g/mol. The van der Waals surface area contributed by atoms with Crippen molar-refractivity contribution in [3.63, 3.8) is 0 Å². The highest BCUT2D eigenvalue weighted by atomic mass is 79.9. The van der Waals surface area contributed by atoms with E-state index in [9.17, 15) is 8.78 Å². The summed E-state index contributed by atoms with van der Waals surface area (Å²) < 4.78 is 28.6. The van der Waals surface area contributed by atoms with Crippen LogP contribution in [-0.4, -0.2) is 7.05 Å². The van der Waals surface area contributed by atoms with Crippen LogP contribution in [0.2, 0.25) is 5.02 Å². The summed E-state index contributed by atoms with van der Waals surface area (Å²) in [5.41, 5.74) is 0.955. The molecule has 1 atom stereocenters. The first kappa shape index (κ1) is 15.9. The summed E-state index contributed by atoms with van der Waals surface area (Å²) in [7, 11) is 1.68. The molecule has 6 heteroatoms. The third-order valence-corrected chi connectivity index (χ3v) is 4.47. The highest BCUT2D eigenvalue weighted by Crippen LogP contribution is 2.33. The van der Waals surface area contributed by atoms with Gasteiger partial charge in [0.1, 0.15) is 11.6 Å². The van der Waals surface area contributed by atoms with E-state index in [4.69, 9.17) is 11.6 Å². The zero-order chi connectivity index (χ0) is 14.9. The molecule has 0 spiro atoms. The minimum atomic E-state index is -0.514. The molecule has 2 rings (SSSR count). The number of benzene rings is 2. The standard InChI is InChI=1S/C14H10Br2ClF2N/c1-20-14(8-4-7(17)2-3-10(8)15)9-5-13(19)11(16)6-12(9)18/h2-6,14,20H,1H3. The highest BCUT2D eigenvalue weighted by Gasteiger charge is 2.20. The number of hydrogen-bond donors (Lipinski definition) is 1. The zero-order valence-electron chi connectivity index (χ0n) is 10.4. The summed E-state index contributed by atoms with van der Waals surface area (Å²) in [6.07, 6.45) is 0. The minimum Gasteiger partial charge on any atom is -0.309 e. The van der Waals surface area contributed by atoms with E-state index < -0.39 is 17.7 Å². The van der Waals surface area contributed by atoms with E-state index in [-0.39, 0.29) is 10.0 Å². The Morgan fingerprint density at radius 3 is 2.35 bits per heavy atom. The quantitative estimate of drug-likeness (QED) is 0.645. The molecule has 20 heavy (non-hydrogen) atoms. The summed E-state index contributed by atoms with van der Waals surface area (Å²) in [4.78, 5) is 0. The van der Waals surface area contributed by atoms with Crippen molar-refractivity contribution in [2.24, 2.45) is 0 Å². The molecule has 1 nitrogen and oxygen atoms in total. The molecule has 0 amide bonds. The molecule has 0 radical (unpaired) electrons. The second-order valence-electron chi connectivity index (χ2n) is 4.18. The van der Waals surface area contributed by atoms with E-state index in [1.807, 2.05) is 0 Å². The Labute approximate surface area is 137 Å². The lowest BCUT2D eigenvalue weighted by molar-refractivity contribution is 0.554. The molecule has 0 saturated carbocycles. The van der Waals surface area contributed by atoms with Crippen molar-refractivity contribution in [1.29, 1.82) is 0 Å². The van der Waals surface area contributed by atoms with Crippen molar-refractivity contribution in [2.45, 2.75) is 6.04 Å². The maximum atomic E-state index is 14.1. The number of hydrogen-bond acceptors (Lipinski definition) is 1. The third kappa shape index (κ3) is 3.22. The Balaban J connectivity index is 2.58. The Morgan fingerprint density at radius 2 is 1.70 bits per heavy atom. The average Bonchev–Trinajstić information content (AvgIpc) is 2.40. The molecule has 1 N–H and O–H groups in total. The third-order valence-electron chi connectivity index (χ3n) is 2.91. The molecule has 106 valence electrons. The summed E-state index contributed by atoms with van der Waals surface area (Å²) in [5.74, 6) is -1.01. The SMILES string of the molecule is CNC(c1cc(F)c(Br)cc1F)c1cc(Cl)ccc1Br. The van der Waals surface area contributed by atoms with Crippen LogP contribution in [0, 0.1) is 11.6 Å². The molecule has 0 aromatic heterocycles. The molecule has 0 aliphatic heterocycles. The Kier molecular flexibility index (Phi) is 5.18. The van der Waals surface area contributed by atoms with Crippen LogP contribution in [0.3, 0.4) is 0 Å². The maximum Gasteiger partial charge on any atom is 0.137 e. The van der Waals surface area contributed by atoms with Crippen molar-refractivity contribution >= 4 is 43.5 Å². The Bertz CT molecular complexity index is 649. The van der Waals surface area contributed by atoms with Crippen LogP contribution in [0.25, 0.3) is 0 Å². The summed E-state index contributed by atoms with van der Waals surface area (Å²) in [5, 5.41) is 3.51. The second kappa shape index (κ2) is 6.52. The molecule has 0 heterocycles. The Morgan fingerprint density at radius 1 is 1.00 bits per heavy atom. The van der Waals surface area contributed by atoms with Gasteiger partial charge in [0, 0.05) is 15.1 Å². The topological polar surface area (TPSA) is 12.0 Å². The van der Waals surface area contributed by atoms with Crippen LogP contribution in [0.4, 0.5) is 8.78 Å². The van der Waals surface area contributed by atoms with Gasteiger partial charge in [-0.25, -0.2) is 8.78 Å². The Hall–Kier alpha value is -0.490. The fourth-order valence-electron chi connectivity index (χ4n) is 1.97. The molecule has 0 aliphatic carbocycles. The number of nitrogens with one attached hydrogen (secondary N) is 1. The summed E-state index contributed by atoms with van der Waals surface area (Å²) in [6, 6.07) is 6.99. The normalized spacial score (nSPS) is 12.5. The van der Waals surface area contributed by atoms with E-state index in [0.717, 1.165) is 16.1 Å². The zero-order valence-corrected chi connectivity index (χ0v) is 14.3. The molecule has 0 bridgehead atoms. The van der Waals surface area contributed by atoms with Crippen LogP contribution < -0.4 is 5.32 Å². The lowest BCUT2D eigenvalue weighted by atomic mass is 9.98. The number of rotatable bonds is 3. The molecule has 0 saturated heterocycles. The van der Waals surface area contributed by atoms with Crippen molar-refractivity contribution in [3.05, 3.63) is 67.1 Å². The van der Waals surface area contributed by atoms with Gasteiger partial charge < -0.3 is 5.32 Å². The first-order valence-corrected chi connectivity index (χ1v) is 7.67. The summed E-state index contributed by atoms with van der Waals surface area (Å²) >= 11 is 12.3. The van der Waals surface area contributed by atoms with Gasteiger partial charge in [-0.2, -0.15) is 0 Å². The van der Waals surface area contributed by atoms with Gasteiger partial charge >= 0.3 is 0 Å². The maximum absolute atomic E-state index is 14.1. The fraction of sp³-hybridized carbons (Fsp3) is 0.143. The van der Waals surface area contributed by atoms with Crippen LogP contribution >= 0.6 is 43.5 Å². The van der Waals surface area contributed by atoms with Gasteiger partial charge in [-0.3, -0.25) is 0 Å². The van der Waals surface area contributed by atoms with E-state index in [1.165, 1.54) is 6.07 Å². The lowest BCUT2D eigenvalue weighted by Gasteiger charge is -2.20. The van der Waals surface area contributed by atoms with Gasteiger partial charge in [0.05, 0.1) is 10.5 Å². The molecule has 0 aliphatic rings. The molecular formula is C14H10Br2ClF2N. The highest BCUT2D eigenvalue weighted by molar-refractivity contribution is 9.10. The number of halogens is 5. The van der Waals surface area contributed by atoms with Crippen molar-refractivity contribution in [1.82, 2.24) is 5.32 Å². The van der Waals surface area contributed by atoms with Gasteiger partial charge in [0.25, 0.3) is 0 Å². The van der Waals surface area contributed by atoms with Crippen molar-refractivity contribution < 1.29 is 8.78 Å². The fourth-order valence-corrected chi connectivity index (χ4v) is 2.95. The largest absolute Gasteiger partial charge is 0.309 e. The van der Waals surface area contributed by atoms with Crippen LogP contribution in [0.5, 0.6) is 0 Å². The molecule has 2 aromatic rings. The first-order valence-electron chi connectivity index (χ1n) is 5.70. The second-order valence-corrected chi connectivity index (χ2v) is 6.32. The predicted octanol–water partition coefficient (Wildman–Crippen LogP) is 5.45. The lowest BCUT2D eigenvalue weighted by Crippen LogP contribution is -2.19. The predicted molar refractivity (Wildman–Crippen MR) is 84.1 cm³/mol. The first-order chi connectivity index (χ1) is 9.43. The molecule has 2 aromatic carbocycles. The van der Waals surface area contributed by atoms with E-state index in [0.29, 0.717) is 5.02 Å². The van der Waals surface area contributed by atoms with Gasteiger partial charge in [0.2, 0.25) is 0 Å². The van der Waals surface area contributed by atoms with Crippen molar-refractivity contribution in [2.75, 3.05) is 7.05 Å². The van der Waals surface area contributed by atoms with Gasteiger partial charge in [0.15, 0.2) is 0 Å². The van der Waals surface area contributed by atoms with Crippen LogP contribution in [0.1, 0.15) is 17.2 Å². The van der Waals surface area contributed by atoms with Crippen molar-refractivity contribution in [3.8, 4) is 0 Å². The van der Waals surface area contributed by atoms with Crippen LogP contribution in [0.15, 0.2) is 39.3 Å².